The third-order valence-corrected chi connectivity index (χ3v) is 5.09. The summed E-state index contributed by atoms with van der Waals surface area (Å²) in [5.74, 6) is 0.775. The van der Waals surface area contributed by atoms with Crippen LogP contribution in [-0.4, -0.2) is 71.4 Å². The largest absolute Gasteiger partial charge is 0.379 e. The number of rotatable bonds is 3. The molecule has 0 radical (unpaired) electrons. The molecule has 1 aromatic heterocycles. The van der Waals surface area contributed by atoms with Gasteiger partial charge in [-0.25, -0.2) is 0 Å². The Morgan fingerprint density at radius 1 is 1.26 bits per heavy atom. The molecule has 1 aromatic rings. The maximum atomic E-state index is 12.6. The van der Waals surface area contributed by atoms with E-state index in [4.69, 9.17) is 4.74 Å². The highest BCUT2D eigenvalue weighted by Gasteiger charge is 2.25. The van der Waals surface area contributed by atoms with Crippen LogP contribution in [0.4, 0.5) is 0 Å². The first-order valence-electron chi connectivity index (χ1n) is 8.73. The summed E-state index contributed by atoms with van der Waals surface area (Å²) >= 11 is 0. The van der Waals surface area contributed by atoms with Gasteiger partial charge in [0.05, 0.1) is 13.2 Å². The average molecular weight is 320 g/mol. The first kappa shape index (κ1) is 16.5. The quantitative estimate of drug-likeness (QED) is 0.842. The Balaban J connectivity index is 1.54. The Labute approximate surface area is 138 Å². The maximum absolute atomic E-state index is 12.6. The van der Waals surface area contributed by atoms with E-state index < -0.39 is 0 Å². The van der Waals surface area contributed by atoms with Crippen molar-refractivity contribution in [2.45, 2.75) is 26.2 Å². The van der Waals surface area contributed by atoms with Crippen LogP contribution in [0.3, 0.4) is 0 Å². The molecule has 2 saturated heterocycles. The lowest BCUT2D eigenvalue weighted by molar-refractivity contribution is 0.0296. The topological polar surface area (TPSA) is 50.6 Å². The van der Waals surface area contributed by atoms with Crippen molar-refractivity contribution in [3.63, 3.8) is 0 Å². The second kappa shape index (κ2) is 7.45. The normalized spacial score (nSPS) is 23.7. The summed E-state index contributed by atoms with van der Waals surface area (Å²) in [6, 6.07) is 1.89. The van der Waals surface area contributed by atoms with Crippen LogP contribution in [0.5, 0.6) is 0 Å². The third kappa shape index (κ3) is 4.12. The van der Waals surface area contributed by atoms with E-state index in [0.717, 1.165) is 64.5 Å². The Hall–Kier alpha value is -1.40. The minimum Gasteiger partial charge on any atom is -0.379 e. The van der Waals surface area contributed by atoms with E-state index in [2.05, 4.69) is 10.00 Å². The predicted octanol–water partition coefficient (Wildman–Crippen LogP) is 1.30. The molecule has 1 unspecified atom stereocenters. The summed E-state index contributed by atoms with van der Waals surface area (Å²) in [4.78, 5) is 17.1. The standard InChI is InChI=1S/C17H28N4O2/c1-14-12-16(18-19(14)2)17(22)21-6-3-4-15(5-7-21)13-20-8-10-23-11-9-20/h12,15H,3-11,13H2,1-2H3. The number of carbonyl (C=O) groups excluding carboxylic acids is 1. The number of likely N-dealkylation sites (tertiary alicyclic amines) is 1. The highest BCUT2D eigenvalue weighted by Crippen LogP contribution is 2.20. The number of nitrogens with zero attached hydrogens (tertiary/aromatic N) is 4. The van der Waals surface area contributed by atoms with Gasteiger partial charge < -0.3 is 9.64 Å². The zero-order valence-electron chi connectivity index (χ0n) is 14.3. The lowest BCUT2D eigenvalue weighted by Gasteiger charge is -2.30. The van der Waals surface area contributed by atoms with Gasteiger partial charge in [0, 0.05) is 45.5 Å². The monoisotopic (exact) mass is 320 g/mol. The Bertz CT molecular complexity index is 517. The first-order chi connectivity index (χ1) is 11.1. The van der Waals surface area contributed by atoms with Crippen LogP contribution in [0, 0.1) is 12.8 Å². The number of amides is 1. The molecule has 0 N–H and O–H groups in total. The molecular weight excluding hydrogens is 292 g/mol. The fourth-order valence-electron chi connectivity index (χ4n) is 3.53. The van der Waals surface area contributed by atoms with Crippen molar-refractivity contribution >= 4 is 5.91 Å². The minimum absolute atomic E-state index is 0.0840. The van der Waals surface area contributed by atoms with Crippen molar-refractivity contribution in [1.82, 2.24) is 19.6 Å². The minimum atomic E-state index is 0.0840. The summed E-state index contributed by atoms with van der Waals surface area (Å²) in [6.45, 7) is 8.64. The number of carbonyl (C=O) groups is 1. The van der Waals surface area contributed by atoms with E-state index in [1.165, 1.54) is 6.42 Å². The molecular formula is C17H28N4O2. The molecule has 0 saturated carbocycles. The number of ether oxygens (including phenoxy) is 1. The van der Waals surface area contributed by atoms with Gasteiger partial charge in [-0.3, -0.25) is 14.4 Å². The van der Waals surface area contributed by atoms with Gasteiger partial charge in [0.25, 0.3) is 5.91 Å². The number of morpholine rings is 1. The summed E-state index contributed by atoms with van der Waals surface area (Å²) in [5.41, 5.74) is 1.60. The molecule has 128 valence electrons. The highest BCUT2D eigenvalue weighted by atomic mass is 16.5. The van der Waals surface area contributed by atoms with E-state index in [9.17, 15) is 4.79 Å². The van der Waals surface area contributed by atoms with E-state index in [1.807, 2.05) is 24.9 Å². The molecule has 6 nitrogen and oxygen atoms in total. The van der Waals surface area contributed by atoms with Crippen LogP contribution in [-0.2, 0) is 11.8 Å². The first-order valence-corrected chi connectivity index (χ1v) is 8.73. The predicted molar refractivity (Wildman–Crippen MR) is 88.4 cm³/mol. The van der Waals surface area contributed by atoms with Gasteiger partial charge >= 0.3 is 0 Å². The van der Waals surface area contributed by atoms with Crippen LogP contribution in [0.25, 0.3) is 0 Å². The molecule has 2 fully saturated rings. The van der Waals surface area contributed by atoms with E-state index in [0.29, 0.717) is 11.6 Å². The van der Waals surface area contributed by atoms with E-state index >= 15 is 0 Å². The maximum Gasteiger partial charge on any atom is 0.274 e. The van der Waals surface area contributed by atoms with Gasteiger partial charge in [0.1, 0.15) is 0 Å². The molecule has 0 aliphatic carbocycles. The summed E-state index contributed by atoms with van der Waals surface area (Å²) in [6.07, 6.45) is 3.39. The van der Waals surface area contributed by atoms with Gasteiger partial charge in [-0.2, -0.15) is 5.10 Å². The van der Waals surface area contributed by atoms with E-state index in [-0.39, 0.29) is 5.91 Å². The van der Waals surface area contributed by atoms with Crippen LogP contribution in [0.15, 0.2) is 6.07 Å². The molecule has 3 rings (SSSR count). The van der Waals surface area contributed by atoms with Gasteiger partial charge in [-0.15, -0.1) is 0 Å². The lowest BCUT2D eigenvalue weighted by Crippen LogP contribution is -2.39. The fourth-order valence-corrected chi connectivity index (χ4v) is 3.53. The van der Waals surface area contributed by atoms with Gasteiger partial charge in [-0.05, 0) is 38.2 Å². The van der Waals surface area contributed by atoms with Crippen LogP contribution < -0.4 is 0 Å². The molecule has 1 atom stereocenters. The van der Waals surface area contributed by atoms with Gasteiger partial charge in [0.2, 0.25) is 0 Å². The third-order valence-electron chi connectivity index (χ3n) is 5.09. The second-order valence-corrected chi connectivity index (χ2v) is 6.80. The van der Waals surface area contributed by atoms with Crippen molar-refractivity contribution in [2.24, 2.45) is 13.0 Å². The average Bonchev–Trinajstić information content (AvgIpc) is 2.76. The Morgan fingerprint density at radius 2 is 2.04 bits per heavy atom. The van der Waals surface area contributed by atoms with Crippen molar-refractivity contribution in [1.29, 1.82) is 0 Å². The Kier molecular flexibility index (Phi) is 5.33. The zero-order chi connectivity index (χ0) is 16.2. The second-order valence-electron chi connectivity index (χ2n) is 6.80. The number of hydrogen-bond donors (Lipinski definition) is 0. The van der Waals surface area contributed by atoms with Gasteiger partial charge in [0.15, 0.2) is 5.69 Å². The zero-order valence-corrected chi connectivity index (χ0v) is 14.3. The summed E-state index contributed by atoms with van der Waals surface area (Å²) < 4.78 is 7.19. The molecule has 23 heavy (non-hydrogen) atoms. The molecule has 6 heteroatoms. The summed E-state index contributed by atoms with van der Waals surface area (Å²) in [5, 5.41) is 4.33. The number of hydrogen-bond acceptors (Lipinski definition) is 4. The molecule has 0 aromatic carbocycles. The SMILES string of the molecule is Cc1cc(C(=O)N2CCCC(CN3CCOCC3)CC2)nn1C. The van der Waals surface area contributed by atoms with Crippen molar-refractivity contribution in [3.8, 4) is 0 Å². The lowest BCUT2D eigenvalue weighted by atomic mass is 10.00. The van der Waals surface area contributed by atoms with Crippen LogP contribution in [0.1, 0.15) is 35.4 Å². The highest BCUT2D eigenvalue weighted by molar-refractivity contribution is 5.92. The van der Waals surface area contributed by atoms with Crippen molar-refractivity contribution in [2.75, 3.05) is 45.9 Å². The smallest absolute Gasteiger partial charge is 0.274 e. The van der Waals surface area contributed by atoms with Crippen LogP contribution in [0.2, 0.25) is 0 Å². The molecule has 0 bridgehead atoms. The molecule has 2 aliphatic heterocycles. The van der Waals surface area contributed by atoms with Crippen LogP contribution >= 0.6 is 0 Å². The molecule has 2 aliphatic rings. The number of aryl methyl sites for hydroxylation is 2. The summed E-state index contributed by atoms with van der Waals surface area (Å²) in [7, 11) is 1.88. The van der Waals surface area contributed by atoms with Crippen molar-refractivity contribution in [3.05, 3.63) is 17.5 Å². The molecule has 3 heterocycles. The number of aromatic nitrogens is 2. The Morgan fingerprint density at radius 3 is 2.74 bits per heavy atom. The fraction of sp³-hybridized carbons (Fsp3) is 0.765. The molecule has 1 amide bonds. The van der Waals surface area contributed by atoms with Gasteiger partial charge in [-0.1, -0.05) is 0 Å². The van der Waals surface area contributed by atoms with E-state index in [1.54, 1.807) is 4.68 Å². The van der Waals surface area contributed by atoms with Crippen molar-refractivity contribution < 1.29 is 9.53 Å². The molecule has 0 spiro atoms.